The van der Waals surface area contributed by atoms with Gasteiger partial charge in [-0.3, -0.25) is 0 Å². The Kier molecular flexibility index (Phi) is 3.77. The summed E-state index contributed by atoms with van der Waals surface area (Å²) >= 11 is 0. The fourth-order valence-corrected chi connectivity index (χ4v) is 2.84. The minimum absolute atomic E-state index is 0.681. The van der Waals surface area contributed by atoms with Crippen LogP contribution in [0, 0.1) is 0 Å². The van der Waals surface area contributed by atoms with Crippen molar-refractivity contribution in [3.63, 3.8) is 0 Å². The Morgan fingerprint density at radius 1 is 1.09 bits per heavy atom. The maximum Gasteiger partial charge on any atom is 0.225 e. The van der Waals surface area contributed by atoms with Crippen molar-refractivity contribution < 1.29 is 13.8 Å². The topological polar surface area (TPSA) is 72.6 Å². The van der Waals surface area contributed by atoms with E-state index in [1.54, 1.807) is 18.7 Å². The Bertz CT molecular complexity index is 733. The minimum atomic E-state index is 0.681. The normalized spacial score (nSPS) is 15.9. The van der Waals surface area contributed by atoms with E-state index in [0.717, 1.165) is 44.4 Å². The van der Waals surface area contributed by atoms with Crippen LogP contribution in [-0.2, 0) is 6.54 Å². The van der Waals surface area contributed by atoms with Gasteiger partial charge in [-0.05, 0) is 18.2 Å². The summed E-state index contributed by atoms with van der Waals surface area (Å²) in [4.78, 5) is 12.3. The monoisotopic (exact) mass is 312 g/mol. The average molecular weight is 312 g/mol. The van der Waals surface area contributed by atoms with Crippen LogP contribution in [0.2, 0.25) is 0 Å². The van der Waals surface area contributed by atoms with Crippen LogP contribution in [0.4, 0.5) is 5.95 Å². The van der Waals surface area contributed by atoms with Crippen LogP contribution in [0.25, 0.3) is 11.5 Å². The van der Waals surface area contributed by atoms with Crippen molar-refractivity contribution in [1.82, 2.24) is 15.1 Å². The highest BCUT2D eigenvalue weighted by Crippen LogP contribution is 2.20. The highest BCUT2D eigenvalue weighted by atomic mass is 16.5. The second-order valence-electron chi connectivity index (χ2n) is 5.62. The second-order valence-corrected chi connectivity index (χ2v) is 5.62. The Balaban J connectivity index is 1.35. The van der Waals surface area contributed by atoms with Crippen molar-refractivity contribution in [3.05, 3.63) is 48.6 Å². The third kappa shape index (κ3) is 3.09. The van der Waals surface area contributed by atoms with Crippen LogP contribution in [0.3, 0.4) is 0 Å². The highest BCUT2D eigenvalue weighted by molar-refractivity contribution is 5.49. The molecule has 0 atom stereocenters. The van der Waals surface area contributed by atoms with E-state index in [4.69, 9.17) is 8.94 Å². The van der Waals surface area contributed by atoms with E-state index < -0.39 is 0 Å². The Hall–Kier alpha value is -2.67. The molecule has 0 bridgehead atoms. The zero-order valence-corrected chi connectivity index (χ0v) is 12.7. The summed E-state index contributed by atoms with van der Waals surface area (Å²) in [6.45, 7) is 4.81. The molecule has 118 valence electrons. The number of hydrogen-bond donors (Lipinski definition) is 1. The van der Waals surface area contributed by atoms with E-state index in [2.05, 4.69) is 20.0 Å². The van der Waals surface area contributed by atoms with Crippen LogP contribution < -0.4 is 9.80 Å². The van der Waals surface area contributed by atoms with Gasteiger partial charge in [0, 0.05) is 18.5 Å². The summed E-state index contributed by atoms with van der Waals surface area (Å²) in [6.07, 6.45) is 5.20. The van der Waals surface area contributed by atoms with Gasteiger partial charge in [0.1, 0.15) is 12.2 Å². The summed E-state index contributed by atoms with van der Waals surface area (Å²) in [5, 5.41) is 4.15. The van der Waals surface area contributed by atoms with E-state index in [1.165, 1.54) is 4.90 Å². The number of hydrogen-bond acceptors (Lipinski definition) is 6. The Morgan fingerprint density at radius 3 is 2.65 bits per heavy atom. The lowest BCUT2D eigenvalue weighted by Crippen LogP contribution is -3.13. The van der Waals surface area contributed by atoms with E-state index in [1.807, 2.05) is 24.3 Å². The molecule has 1 aliphatic heterocycles. The number of piperazine rings is 1. The van der Waals surface area contributed by atoms with Gasteiger partial charge < -0.3 is 18.7 Å². The van der Waals surface area contributed by atoms with E-state index >= 15 is 0 Å². The van der Waals surface area contributed by atoms with Crippen molar-refractivity contribution in [2.24, 2.45) is 0 Å². The van der Waals surface area contributed by atoms with Gasteiger partial charge in [-0.25, -0.2) is 9.97 Å². The van der Waals surface area contributed by atoms with Crippen molar-refractivity contribution >= 4 is 5.95 Å². The number of aromatic nitrogens is 3. The number of rotatable bonds is 4. The lowest BCUT2D eigenvalue weighted by Gasteiger charge is -2.31. The van der Waals surface area contributed by atoms with Crippen molar-refractivity contribution in [2.75, 3.05) is 31.1 Å². The number of anilines is 1. The molecule has 0 aromatic carbocycles. The molecule has 1 fully saturated rings. The van der Waals surface area contributed by atoms with Crippen LogP contribution in [0.5, 0.6) is 0 Å². The number of quaternary nitrogens is 1. The fourth-order valence-electron chi connectivity index (χ4n) is 2.84. The third-order valence-corrected chi connectivity index (χ3v) is 4.06. The molecule has 1 saturated heterocycles. The SMILES string of the molecule is c1cnc(N2CC[NH+](Cc3cc(-c4ccco4)on3)CC2)nc1. The van der Waals surface area contributed by atoms with Gasteiger partial charge in [-0.2, -0.15) is 0 Å². The van der Waals surface area contributed by atoms with Gasteiger partial charge in [0.05, 0.1) is 32.4 Å². The predicted octanol–water partition coefficient (Wildman–Crippen LogP) is 0.630. The van der Waals surface area contributed by atoms with Crippen LogP contribution in [-0.4, -0.2) is 41.3 Å². The van der Waals surface area contributed by atoms with Crippen molar-refractivity contribution in [3.8, 4) is 11.5 Å². The van der Waals surface area contributed by atoms with E-state index in [0.29, 0.717) is 11.5 Å². The zero-order chi connectivity index (χ0) is 15.5. The summed E-state index contributed by atoms with van der Waals surface area (Å²) in [7, 11) is 0. The standard InChI is InChI=1S/C16H17N5O2/c1-3-14(22-10-1)15-11-13(19-23-15)12-20-6-8-21(9-7-20)16-17-4-2-5-18-16/h1-5,10-11H,6-9,12H2/p+1. The first-order valence-corrected chi connectivity index (χ1v) is 7.73. The molecule has 1 N–H and O–H groups in total. The van der Waals surface area contributed by atoms with Gasteiger partial charge in [0.15, 0.2) is 5.76 Å². The lowest BCUT2D eigenvalue weighted by molar-refractivity contribution is -0.914. The molecule has 3 aromatic rings. The molecular weight excluding hydrogens is 294 g/mol. The Labute approximate surface area is 133 Å². The maximum atomic E-state index is 5.35. The number of furan rings is 1. The molecule has 0 amide bonds. The molecule has 0 spiro atoms. The maximum absolute atomic E-state index is 5.35. The molecule has 1 aliphatic rings. The molecule has 4 heterocycles. The molecule has 3 aromatic heterocycles. The van der Waals surface area contributed by atoms with Crippen molar-refractivity contribution in [1.29, 1.82) is 0 Å². The predicted molar refractivity (Wildman–Crippen MR) is 82.9 cm³/mol. The molecule has 4 rings (SSSR count). The van der Waals surface area contributed by atoms with Crippen molar-refractivity contribution in [2.45, 2.75) is 6.54 Å². The molecule has 23 heavy (non-hydrogen) atoms. The first kappa shape index (κ1) is 14.0. The summed E-state index contributed by atoms with van der Waals surface area (Å²) in [6, 6.07) is 7.51. The molecular formula is C16H18N5O2+. The third-order valence-electron chi connectivity index (χ3n) is 4.06. The Morgan fingerprint density at radius 2 is 1.91 bits per heavy atom. The molecule has 7 nitrogen and oxygen atoms in total. The minimum Gasteiger partial charge on any atom is -0.461 e. The zero-order valence-electron chi connectivity index (χ0n) is 12.7. The number of nitrogens with zero attached hydrogens (tertiary/aromatic N) is 4. The largest absolute Gasteiger partial charge is 0.461 e. The molecule has 0 aliphatic carbocycles. The van der Waals surface area contributed by atoms with Gasteiger partial charge in [0.25, 0.3) is 0 Å². The van der Waals surface area contributed by atoms with Crippen LogP contribution in [0.1, 0.15) is 5.69 Å². The molecule has 7 heteroatoms. The average Bonchev–Trinajstić information content (AvgIpc) is 3.28. The molecule has 0 radical (unpaired) electrons. The first-order chi connectivity index (χ1) is 11.4. The van der Waals surface area contributed by atoms with E-state index in [-0.39, 0.29) is 0 Å². The number of nitrogens with one attached hydrogen (secondary N) is 1. The van der Waals surface area contributed by atoms with Crippen LogP contribution in [0.15, 0.2) is 51.9 Å². The highest BCUT2D eigenvalue weighted by Gasteiger charge is 2.23. The van der Waals surface area contributed by atoms with Gasteiger partial charge >= 0.3 is 0 Å². The van der Waals surface area contributed by atoms with Gasteiger partial charge in [-0.1, -0.05) is 5.16 Å². The summed E-state index contributed by atoms with van der Waals surface area (Å²) in [5.41, 5.74) is 0.954. The lowest BCUT2D eigenvalue weighted by atomic mass is 10.2. The fraction of sp³-hybridized carbons (Fsp3) is 0.312. The van der Waals surface area contributed by atoms with Gasteiger partial charge in [0.2, 0.25) is 11.7 Å². The summed E-state index contributed by atoms with van der Waals surface area (Å²) < 4.78 is 10.7. The van der Waals surface area contributed by atoms with E-state index in [9.17, 15) is 0 Å². The molecule has 0 saturated carbocycles. The quantitative estimate of drug-likeness (QED) is 0.762. The smallest absolute Gasteiger partial charge is 0.225 e. The van der Waals surface area contributed by atoms with Crippen LogP contribution >= 0.6 is 0 Å². The first-order valence-electron chi connectivity index (χ1n) is 7.73. The molecule has 0 unspecified atom stereocenters. The second kappa shape index (κ2) is 6.21. The van der Waals surface area contributed by atoms with Gasteiger partial charge in [-0.15, -0.1) is 0 Å². The summed E-state index contributed by atoms with van der Waals surface area (Å²) in [5.74, 6) is 2.21.